The van der Waals surface area contributed by atoms with Crippen molar-refractivity contribution >= 4 is 5.96 Å². The van der Waals surface area contributed by atoms with Gasteiger partial charge in [0.2, 0.25) is 0 Å². The second kappa shape index (κ2) is 10.0. The second-order valence-corrected chi connectivity index (χ2v) is 5.77. The molecule has 1 fully saturated rings. The van der Waals surface area contributed by atoms with Gasteiger partial charge in [0.05, 0.1) is 0 Å². The average molecular weight is 282 g/mol. The number of rotatable bonds is 8. The number of aliphatic imine (C=N–C) groups is 1. The van der Waals surface area contributed by atoms with Crippen LogP contribution in [0.2, 0.25) is 0 Å². The van der Waals surface area contributed by atoms with Gasteiger partial charge in [-0.05, 0) is 38.3 Å². The van der Waals surface area contributed by atoms with E-state index in [2.05, 4.69) is 41.3 Å². The topological polar surface area (TPSA) is 39.7 Å². The van der Waals surface area contributed by atoms with E-state index in [1.165, 1.54) is 38.8 Å². The molecule has 20 heavy (non-hydrogen) atoms. The minimum absolute atomic E-state index is 0.646. The van der Waals surface area contributed by atoms with Crippen molar-refractivity contribution in [2.45, 2.75) is 58.9 Å². The van der Waals surface area contributed by atoms with Crippen molar-refractivity contribution in [2.75, 3.05) is 33.2 Å². The summed E-state index contributed by atoms with van der Waals surface area (Å²) in [6, 6.07) is 0.646. The van der Waals surface area contributed by atoms with Gasteiger partial charge in [0, 0.05) is 26.2 Å². The van der Waals surface area contributed by atoms with Crippen molar-refractivity contribution in [3.8, 4) is 0 Å². The number of likely N-dealkylation sites (tertiary alicyclic amines) is 1. The van der Waals surface area contributed by atoms with Crippen LogP contribution in [0, 0.1) is 5.92 Å². The second-order valence-electron chi connectivity index (χ2n) is 5.77. The molecule has 0 aromatic heterocycles. The highest BCUT2D eigenvalue weighted by molar-refractivity contribution is 5.79. The third kappa shape index (κ3) is 5.31. The number of guanidine groups is 1. The highest BCUT2D eigenvalue weighted by atomic mass is 15.2. The SMILES string of the molecule is CCCNC(=NC)NCC(C(CC)CC)N1CCCC1. The molecule has 1 rings (SSSR count). The van der Waals surface area contributed by atoms with Gasteiger partial charge in [0.25, 0.3) is 0 Å². The molecule has 2 N–H and O–H groups in total. The summed E-state index contributed by atoms with van der Waals surface area (Å²) in [6.07, 6.45) is 6.38. The molecular formula is C16H34N4. The molecule has 0 spiro atoms. The van der Waals surface area contributed by atoms with E-state index in [1.807, 2.05) is 7.05 Å². The zero-order valence-electron chi connectivity index (χ0n) is 13.9. The van der Waals surface area contributed by atoms with E-state index >= 15 is 0 Å². The first-order chi connectivity index (χ1) is 9.76. The van der Waals surface area contributed by atoms with Crippen LogP contribution in [0.3, 0.4) is 0 Å². The zero-order valence-corrected chi connectivity index (χ0v) is 13.9. The van der Waals surface area contributed by atoms with Crippen molar-refractivity contribution < 1.29 is 0 Å². The minimum Gasteiger partial charge on any atom is -0.356 e. The lowest BCUT2D eigenvalue weighted by molar-refractivity contribution is 0.167. The highest BCUT2D eigenvalue weighted by Gasteiger charge is 2.27. The molecule has 0 amide bonds. The normalized spacial score (nSPS) is 18.6. The Balaban J connectivity index is 2.54. The smallest absolute Gasteiger partial charge is 0.191 e. The van der Waals surface area contributed by atoms with E-state index in [-0.39, 0.29) is 0 Å². The Labute approximate surface area is 125 Å². The molecule has 4 nitrogen and oxygen atoms in total. The lowest BCUT2D eigenvalue weighted by Crippen LogP contribution is -2.49. The predicted molar refractivity (Wildman–Crippen MR) is 88.3 cm³/mol. The summed E-state index contributed by atoms with van der Waals surface area (Å²) in [6.45, 7) is 11.3. The van der Waals surface area contributed by atoms with Crippen LogP contribution in [0.4, 0.5) is 0 Å². The fourth-order valence-corrected chi connectivity index (χ4v) is 3.17. The Morgan fingerprint density at radius 2 is 1.75 bits per heavy atom. The molecule has 1 unspecified atom stereocenters. The maximum atomic E-state index is 4.31. The van der Waals surface area contributed by atoms with Gasteiger partial charge in [0.1, 0.15) is 0 Å². The van der Waals surface area contributed by atoms with Gasteiger partial charge in [-0.25, -0.2) is 0 Å². The molecule has 0 aromatic rings. The zero-order chi connectivity index (χ0) is 14.8. The maximum absolute atomic E-state index is 4.31. The maximum Gasteiger partial charge on any atom is 0.191 e. The van der Waals surface area contributed by atoms with Gasteiger partial charge in [0.15, 0.2) is 5.96 Å². The Kier molecular flexibility index (Phi) is 8.67. The predicted octanol–water partition coefficient (Wildman–Crippen LogP) is 2.46. The van der Waals surface area contributed by atoms with E-state index in [1.54, 1.807) is 0 Å². The first kappa shape index (κ1) is 17.3. The Morgan fingerprint density at radius 3 is 2.25 bits per heavy atom. The summed E-state index contributed by atoms with van der Waals surface area (Å²) in [7, 11) is 1.85. The van der Waals surface area contributed by atoms with E-state index < -0.39 is 0 Å². The van der Waals surface area contributed by atoms with Gasteiger partial charge < -0.3 is 10.6 Å². The van der Waals surface area contributed by atoms with Crippen molar-refractivity contribution in [2.24, 2.45) is 10.9 Å². The summed E-state index contributed by atoms with van der Waals surface area (Å²) >= 11 is 0. The Hall–Kier alpha value is -0.770. The molecule has 0 aromatic carbocycles. The number of hydrogen-bond acceptors (Lipinski definition) is 2. The van der Waals surface area contributed by atoms with E-state index in [0.717, 1.165) is 31.4 Å². The van der Waals surface area contributed by atoms with Crippen molar-refractivity contribution in [3.05, 3.63) is 0 Å². The van der Waals surface area contributed by atoms with Crippen molar-refractivity contribution in [3.63, 3.8) is 0 Å². The van der Waals surface area contributed by atoms with Crippen LogP contribution < -0.4 is 10.6 Å². The van der Waals surface area contributed by atoms with Crippen LogP contribution in [-0.4, -0.2) is 50.1 Å². The van der Waals surface area contributed by atoms with Gasteiger partial charge in [-0.3, -0.25) is 9.89 Å². The van der Waals surface area contributed by atoms with Crippen LogP contribution in [0.5, 0.6) is 0 Å². The van der Waals surface area contributed by atoms with Crippen molar-refractivity contribution in [1.29, 1.82) is 0 Å². The minimum atomic E-state index is 0.646. The lowest BCUT2D eigenvalue weighted by Gasteiger charge is -2.34. The molecule has 1 aliphatic heterocycles. The summed E-state index contributed by atoms with van der Waals surface area (Å²) in [4.78, 5) is 6.99. The van der Waals surface area contributed by atoms with Crippen LogP contribution in [0.15, 0.2) is 4.99 Å². The van der Waals surface area contributed by atoms with Gasteiger partial charge in [-0.15, -0.1) is 0 Å². The van der Waals surface area contributed by atoms with Crippen LogP contribution >= 0.6 is 0 Å². The molecule has 4 heteroatoms. The summed E-state index contributed by atoms with van der Waals surface area (Å²) in [5, 5.41) is 6.89. The van der Waals surface area contributed by atoms with Gasteiger partial charge in [-0.2, -0.15) is 0 Å². The number of nitrogens with zero attached hydrogens (tertiary/aromatic N) is 2. The number of hydrogen-bond donors (Lipinski definition) is 2. The van der Waals surface area contributed by atoms with E-state index in [4.69, 9.17) is 0 Å². The third-order valence-electron chi connectivity index (χ3n) is 4.45. The quantitative estimate of drug-likeness (QED) is 0.531. The van der Waals surface area contributed by atoms with Crippen LogP contribution in [-0.2, 0) is 0 Å². The van der Waals surface area contributed by atoms with Gasteiger partial charge >= 0.3 is 0 Å². The Morgan fingerprint density at radius 1 is 1.10 bits per heavy atom. The molecule has 118 valence electrons. The number of nitrogens with one attached hydrogen (secondary N) is 2. The van der Waals surface area contributed by atoms with Crippen LogP contribution in [0.25, 0.3) is 0 Å². The molecule has 0 bridgehead atoms. The molecule has 1 atom stereocenters. The van der Waals surface area contributed by atoms with Crippen molar-refractivity contribution in [1.82, 2.24) is 15.5 Å². The molecule has 1 aliphatic rings. The van der Waals surface area contributed by atoms with Crippen LogP contribution in [0.1, 0.15) is 52.9 Å². The van der Waals surface area contributed by atoms with Gasteiger partial charge in [-0.1, -0.05) is 33.6 Å². The Bertz CT molecular complexity index is 266. The average Bonchev–Trinajstić information content (AvgIpc) is 3.00. The standard InChI is InChI=1S/C16H34N4/c1-5-10-18-16(17-4)19-13-15(14(6-2)7-3)20-11-8-9-12-20/h14-15H,5-13H2,1-4H3,(H2,17,18,19). The molecule has 0 saturated carbocycles. The fourth-order valence-electron chi connectivity index (χ4n) is 3.17. The molecule has 1 heterocycles. The monoisotopic (exact) mass is 282 g/mol. The summed E-state index contributed by atoms with van der Waals surface area (Å²) < 4.78 is 0. The third-order valence-corrected chi connectivity index (χ3v) is 4.45. The molecular weight excluding hydrogens is 248 g/mol. The van der Waals surface area contributed by atoms with E-state index in [9.17, 15) is 0 Å². The van der Waals surface area contributed by atoms with E-state index in [0.29, 0.717) is 6.04 Å². The molecule has 1 saturated heterocycles. The first-order valence-corrected chi connectivity index (χ1v) is 8.45. The fraction of sp³-hybridized carbons (Fsp3) is 0.938. The molecule has 0 aliphatic carbocycles. The first-order valence-electron chi connectivity index (χ1n) is 8.45. The summed E-state index contributed by atoms with van der Waals surface area (Å²) in [5.41, 5.74) is 0. The highest BCUT2D eigenvalue weighted by Crippen LogP contribution is 2.22. The molecule has 0 radical (unpaired) electrons. The largest absolute Gasteiger partial charge is 0.356 e. The summed E-state index contributed by atoms with van der Waals surface area (Å²) in [5.74, 6) is 1.73. The lowest BCUT2D eigenvalue weighted by atomic mass is 9.93.